The molecule has 42 heavy (non-hydrogen) atoms. The van der Waals surface area contributed by atoms with Gasteiger partial charge in [-0.25, -0.2) is 0 Å². The summed E-state index contributed by atoms with van der Waals surface area (Å²) in [5.74, 6) is 0.127. The van der Waals surface area contributed by atoms with Crippen molar-refractivity contribution in [3.8, 4) is 0 Å². The van der Waals surface area contributed by atoms with Crippen LogP contribution in [0.2, 0.25) is 0 Å². The van der Waals surface area contributed by atoms with Gasteiger partial charge >= 0.3 is 0 Å². The predicted octanol–water partition coefficient (Wildman–Crippen LogP) is 7.31. The third kappa shape index (κ3) is 7.09. The molecule has 1 atom stereocenters. The maximum absolute atomic E-state index is 13.0. The van der Waals surface area contributed by atoms with Crippen LogP contribution in [-0.4, -0.2) is 34.9 Å². The first-order valence-electron chi connectivity index (χ1n) is 14.1. The molecule has 1 saturated heterocycles. The fourth-order valence-corrected chi connectivity index (χ4v) is 6.09. The minimum Gasteiger partial charge on any atom is -0.326 e. The summed E-state index contributed by atoms with van der Waals surface area (Å²) in [7, 11) is 0. The standard InChI is InChI=1S/C35H35N3O3S/c1-35(2,3)28-18-16-26(17-19-28)33(41)37-30-11-7-10-29(22-30)36-32(40)25-12-14-27(15-13-25)34-38(31(39)23-42-34)21-20-24-8-5-4-6-9-24/h4-19,22,34H,20-21,23H2,1-3H3,(H,36,40)(H,37,41)/t34-/m1/s1. The van der Waals surface area contributed by atoms with E-state index in [0.29, 0.717) is 34.8 Å². The molecule has 4 aromatic rings. The highest BCUT2D eigenvalue weighted by atomic mass is 32.2. The zero-order valence-corrected chi connectivity index (χ0v) is 24.9. The van der Waals surface area contributed by atoms with Crippen molar-refractivity contribution < 1.29 is 14.4 Å². The van der Waals surface area contributed by atoms with Crippen molar-refractivity contribution in [2.24, 2.45) is 0 Å². The van der Waals surface area contributed by atoms with Gasteiger partial charge in [0.2, 0.25) is 5.91 Å². The first-order valence-corrected chi connectivity index (χ1v) is 15.1. The molecule has 0 bridgehead atoms. The van der Waals surface area contributed by atoms with Crippen LogP contribution in [0.25, 0.3) is 0 Å². The molecule has 2 N–H and O–H groups in total. The lowest BCUT2D eigenvalue weighted by Crippen LogP contribution is -2.30. The second-order valence-electron chi connectivity index (χ2n) is 11.4. The summed E-state index contributed by atoms with van der Waals surface area (Å²) in [6.45, 7) is 7.05. The SMILES string of the molecule is CC(C)(C)c1ccc(C(=O)Nc2cccc(NC(=O)c3ccc([C@H]4SCC(=O)N4CCc4ccccc4)cc3)c2)cc1. The molecule has 214 valence electrons. The Morgan fingerprint density at radius 2 is 1.36 bits per heavy atom. The van der Waals surface area contributed by atoms with Crippen molar-refractivity contribution in [2.75, 3.05) is 22.9 Å². The number of thioether (sulfide) groups is 1. The van der Waals surface area contributed by atoms with E-state index in [4.69, 9.17) is 0 Å². The van der Waals surface area contributed by atoms with E-state index in [0.717, 1.165) is 17.5 Å². The van der Waals surface area contributed by atoms with Gasteiger partial charge in [0.05, 0.1) is 5.75 Å². The number of amides is 3. The van der Waals surface area contributed by atoms with Gasteiger partial charge in [0, 0.05) is 29.0 Å². The molecule has 1 fully saturated rings. The van der Waals surface area contributed by atoms with E-state index < -0.39 is 0 Å². The van der Waals surface area contributed by atoms with E-state index in [2.05, 4.69) is 43.5 Å². The van der Waals surface area contributed by atoms with Crippen LogP contribution >= 0.6 is 11.8 Å². The zero-order valence-electron chi connectivity index (χ0n) is 24.1. The summed E-state index contributed by atoms with van der Waals surface area (Å²) in [5, 5.41) is 5.76. The van der Waals surface area contributed by atoms with Crippen molar-refractivity contribution in [3.63, 3.8) is 0 Å². The Kier molecular flexibility index (Phi) is 8.78. The van der Waals surface area contributed by atoms with Gasteiger partial charge in [0.15, 0.2) is 0 Å². The molecule has 0 saturated carbocycles. The molecule has 1 aliphatic rings. The second-order valence-corrected chi connectivity index (χ2v) is 12.5. The van der Waals surface area contributed by atoms with Gasteiger partial charge in [-0.05, 0) is 71.0 Å². The number of carbonyl (C=O) groups is 3. The van der Waals surface area contributed by atoms with Crippen LogP contribution in [0.15, 0.2) is 103 Å². The summed E-state index contributed by atoms with van der Waals surface area (Å²) in [6, 6.07) is 32.3. The number of nitrogens with one attached hydrogen (secondary N) is 2. The van der Waals surface area contributed by atoms with Crippen molar-refractivity contribution >= 4 is 40.9 Å². The lowest BCUT2D eigenvalue weighted by molar-refractivity contribution is -0.128. The number of benzene rings is 4. The zero-order chi connectivity index (χ0) is 29.7. The molecule has 0 aromatic heterocycles. The Labute approximate surface area is 251 Å². The van der Waals surface area contributed by atoms with E-state index >= 15 is 0 Å². The molecule has 1 aliphatic heterocycles. The Morgan fingerprint density at radius 3 is 1.93 bits per heavy atom. The van der Waals surface area contributed by atoms with Gasteiger partial charge in [-0.15, -0.1) is 11.8 Å². The summed E-state index contributed by atoms with van der Waals surface area (Å²) >= 11 is 1.61. The van der Waals surface area contributed by atoms with Crippen molar-refractivity contribution in [2.45, 2.75) is 38.0 Å². The van der Waals surface area contributed by atoms with E-state index in [1.54, 1.807) is 48.2 Å². The number of hydrogen-bond acceptors (Lipinski definition) is 4. The number of hydrogen-bond donors (Lipinski definition) is 2. The van der Waals surface area contributed by atoms with Crippen molar-refractivity contribution in [1.29, 1.82) is 0 Å². The molecule has 6 nitrogen and oxygen atoms in total. The maximum Gasteiger partial charge on any atom is 0.255 e. The Bertz CT molecular complexity index is 1560. The predicted molar refractivity (Wildman–Crippen MR) is 171 cm³/mol. The summed E-state index contributed by atoms with van der Waals surface area (Å²) < 4.78 is 0. The topological polar surface area (TPSA) is 78.5 Å². The minimum atomic E-state index is -0.251. The van der Waals surface area contributed by atoms with Crippen LogP contribution < -0.4 is 10.6 Å². The largest absolute Gasteiger partial charge is 0.326 e. The second kappa shape index (κ2) is 12.7. The fourth-order valence-electron chi connectivity index (χ4n) is 4.87. The van der Waals surface area contributed by atoms with Crippen LogP contribution in [-0.2, 0) is 16.6 Å². The van der Waals surface area contributed by atoms with Crippen molar-refractivity contribution in [3.05, 3.63) is 131 Å². The van der Waals surface area contributed by atoms with E-state index in [1.807, 2.05) is 59.5 Å². The highest BCUT2D eigenvalue weighted by Crippen LogP contribution is 2.38. The lowest BCUT2D eigenvalue weighted by atomic mass is 9.87. The number of anilines is 2. The number of carbonyl (C=O) groups excluding carboxylic acids is 3. The van der Waals surface area contributed by atoms with E-state index in [1.165, 1.54) is 5.56 Å². The molecular weight excluding hydrogens is 542 g/mol. The Balaban J connectivity index is 1.20. The fraction of sp³-hybridized carbons (Fsp3) is 0.229. The van der Waals surface area contributed by atoms with E-state index in [9.17, 15) is 14.4 Å². The molecule has 0 aliphatic carbocycles. The van der Waals surface area contributed by atoms with Crippen LogP contribution in [0.5, 0.6) is 0 Å². The molecule has 4 aromatic carbocycles. The summed E-state index contributed by atoms with van der Waals surface area (Å²) in [5.41, 5.74) is 5.62. The Morgan fingerprint density at radius 1 is 0.786 bits per heavy atom. The normalized spacial score (nSPS) is 15.0. The van der Waals surface area contributed by atoms with Gasteiger partial charge in [0.1, 0.15) is 5.37 Å². The van der Waals surface area contributed by atoms with Crippen LogP contribution in [0.3, 0.4) is 0 Å². The molecule has 7 heteroatoms. The third-order valence-corrected chi connectivity index (χ3v) is 8.56. The quantitative estimate of drug-likeness (QED) is 0.230. The molecule has 3 amide bonds. The highest BCUT2D eigenvalue weighted by molar-refractivity contribution is 8.00. The molecular formula is C35H35N3O3S. The van der Waals surface area contributed by atoms with Gasteiger partial charge in [0.25, 0.3) is 11.8 Å². The average molecular weight is 578 g/mol. The van der Waals surface area contributed by atoms with Crippen molar-refractivity contribution in [1.82, 2.24) is 4.90 Å². The van der Waals surface area contributed by atoms with Gasteiger partial charge in [-0.1, -0.05) is 81.4 Å². The average Bonchev–Trinajstić information content (AvgIpc) is 3.36. The smallest absolute Gasteiger partial charge is 0.255 e. The molecule has 0 spiro atoms. The monoisotopic (exact) mass is 577 g/mol. The van der Waals surface area contributed by atoms with Crippen LogP contribution in [0.4, 0.5) is 11.4 Å². The number of nitrogens with zero attached hydrogens (tertiary/aromatic N) is 1. The summed E-state index contributed by atoms with van der Waals surface area (Å²) in [6.07, 6.45) is 0.799. The Hall–Kier alpha value is -4.36. The van der Waals surface area contributed by atoms with Gasteiger partial charge in [-0.3, -0.25) is 14.4 Å². The van der Waals surface area contributed by atoms with E-state index in [-0.39, 0.29) is 28.5 Å². The van der Waals surface area contributed by atoms with Gasteiger partial charge < -0.3 is 15.5 Å². The lowest BCUT2D eigenvalue weighted by Gasteiger charge is -2.24. The third-order valence-electron chi connectivity index (χ3n) is 7.30. The molecule has 5 rings (SSSR count). The maximum atomic E-state index is 13.0. The molecule has 1 heterocycles. The highest BCUT2D eigenvalue weighted by Gasteiger charge is 2.32. The molecule has 0 unspecified atom stereocenters. The first kappa shape index (κ1) is 29.1. The summed E-state index contributed by atoms with van der Waals surface area (Å²) in [4.78, 5) is 40.3. The molecule has 0 radical (unpaired) electrons. The first-order chi connectivity index (χ1) is 20.2. The van der Waals surface area contributed by atoms with Crippen LogP contribution in [0.1, 0.15) is 63.6 Å². The van der Waals surface area contributed by atoms with Gasteiger partial charge in [-0.2, -0.15) is 0 Å². The number of rotatable bonds is 8. The minimum absolute atomic E-state index is 0.0131. The van der Waals surface area contributed by atoms with Crippen LogP contribution in [0, 0.1) is 0 Å².